The van der Waals surface area contributed by atoms with Gasteiger partial charge in [-0.05, 0) is 49.8 Å². The average Bonchev–Trinajstić information content (AvgIpc) is 3.32. The van der Waals surface area contributed by atoms with Crippen molar-refractivity contribution >= 4 is 11.8 Å². The molecule has 1 aliphatic heterocycles. The molecule has 3 aromatic rings. The third kappa shape index (κ3) is 3.77. The smallest absolute Gasteiger partial charge is 0.223 e. The molecule has 0 aromatic carbocycles. The standard InChI is InChI=1S/C16H20N6O2S/c1-11-18-15(20-24-11)12-5-7-22(8-6-12)9-13-3-4-14(23-13)25-16-19-17-10-21(16)2/h3-4,10,12H,5-9H2,1-2H3. The Kier molecular flexibility index (Phi) is 4.58. The summed E-state index contributed by atoms with van der Waals surface area (Å²) in [4.78, 5) is 6.76. The third-order valence-electron chi connectivity index (χ3n) is 4.37. The Balaban J connectivity index is 1.31. The van der Waals surface area contributed by atoms with E-state index in [1.165, 1.54) is 11.8 Å². The van der Waals surface area contributed by atoms with Gasteiger partial charge in [-0.1, -0.05) is 5.16 Å². The van der Waals surface area contributed by atoms with Crippen molar-refractivity contribution in [2.24, 2.45) is 7.05 Å². The van der Waals surface area contributed by atoms with E-state index in [0.717, 1.165) is 54.3 Å². The highest BCUT2D eigenvalue weighted by molar-refractivity contribution is 7.99. The number of nitrogens with zero attached hydrogens (tertiary/aromatic N) is 6. The first-order valence-corrected chi connectivity index (χ1v) is 9.12. The largest absolute Gasteiger partial charge is 0.453 e. The molecule has 25 heavy (non-hydrogen) atoms. The highest BCUT2D eigenvalue weighted by Gasteiger charge is 2.24. The minimum Gasteiger partial charge on any atom is -0.453 e. The zero-order chi connectivity index (χ0) is 17.2. The van der Waals surface area contributed by atoms with Gasteiger partial charge < -0.3 is 13.5 Å². The first-order valence-electron chi connectivity index (χ1n) is 8.30. The van der Waals surface area contributed by atoms with E-state index in [0.29, 0.717) is 11.8 Å². The number of piperidine rings is 1. The van der Waals surface area contributed by atoms with Crippen LogP contribution >= 0.6 is 11.8 Å². The van der Waals surface area contributed by atoms with Crippen LogP contribution in [0.2, 0.25) is 0 Å². The van der Waals surface area contributed by atoms with Gasteiger partial charge in [-0.2, -0.15) is 4.98 Å². The van der Waals surface area contributed by atoms with Gasteiger partial charge in [0.15, 0.2) is 16.1 Å². The third-order valence-corrected chi connectivity index (χ3v) is 5.35. The lowest BCUT2D eigenvalue weighted by Crippen LogP contribution is -2.32. The number of rotatable bonds is 5. The van der Waals surface area contributed by atoms with Crippen LogP contribution in [0.25, 0.3) is 0 Å². The van der Waals surface area contributed by atoms with Gasteiger partial charge in [0.1, 0.15) is 12.1 Å². The van der Waals surface area contributed by atoms with Gasteiger partial charge in [-0.25, -0.2) is 0 Å². The molecule has 0 aliphatic carbocycles. The van der Waals surface area contributed by atoms with Crippen LogP contribution in [-0.4, -0.2) is 42.9 Å². The molecule has 0 saturated carbocycles. The molecule has 9 heteroatoms. The maximum absolute atomic E-state index is 5.93. The molecule has 4 rings (SSSR count). The van der Waals surface area contributed by atoms with E-state index >= 15 is 0 Å². The van der Waals surface area contributed by atoms with E-state index in [4.69, 9.17) is 8.94 Å². The molecule has 4 heterocycles. The predicted octanol–water partition coefficient (Wildman–Crippen LogP) is 2.63. The second-order valence-corrected chi connectivity index (χ2v) is 7.24. The summed E-state index contributed by atoms with van der Waals surface area (Å²) < 4.78 is 12.9. The van der Waals surface area contributed by atoms with Crippen LogP contribution in [-0.2, 0) is 13.6 Å². The summed E-state index contributed by atoms with van der Waals surface area (Å²) in [5, 5.41) is 13.6. The van der Waals surface area contributed by atoms with E-state index in [-0.39, 0.29) is 0 Å². The van der Waals surface area contributed by atoms with Gasteiger partial charge in [-0.3, -0.25) is 4.90 Å². The van der Waals surface area contributed by atoms with Crippen molar-refractivity contribution in [2.45, 2.75) is 42.5 Å². The van der Waals surface area contributed by atoms with Crippen molar-refractivity contribution in [3.05, 3.63) is 35.9 Å². The fourth-order valence-corrected chi connectivity index (χ4v) is 3.75. The molecule has 0 atom stereocenters. The molecular weight excluding hydrogens is 340 g/mol. The van der Waals surface area contributed by atoms with Gasteiger partial charge in [0, 0.05) is 19.9 Å². The number of hydrogen-bond donors (Lipinski definition) is 0. The lowest BCUT2D eigenvalue weighted by molar-refractivity contribution is 0.184. The van der Waals surface area contributed by atoms with E-state index in [9.17, 15) is 0 Å². The van der Waals surface area contributed by atoms with Crippen LogP contribution in [0, 0.1) is 6.92 Å². The molecule has 8 nitrogen and oxygen atoms in total. The second kappa shape index (κ2) is 7.01. The van der Waals surface area contributed by atoms with Gasteiger partial charge in [0.05, 0.1) is 6.54 Å². The minimum absolute atomic E-state index is 0.396. The van der Waals surface area contributed by atoms with E-state index in [1.807, 2.05) is 30.7 Å². The number of aryl methyl sites for hydroxylation is 2. The Hall–Kier alpha value is -2.13. The highest BCUT2D eigenvalue weighted by Crippen LogP contribution is 2.29. The summed E-state index contributed by atoms with van der Waals surface area (Å²) in [5.41, 5.74) is 0. The van der Waals surface area contributed by atoms with Crippen LogP contribution in [0.1, 0.15) is 36.2 Å². The van der Waals surface area contributed by atoms with Crippen LogP contribution in [0.15, 0.2) is 37.6 Å². The van der Waals surface area contributed by atoms with Gasteiger partial charge in [-0.15, -0.1) is 10.2 Å². The summed E-state index contributed by atoms with van der Waals surface area (Å²) in [7, 11) is 1.92. The lowest BCUT2D eigenvalue weighted by Gasteiger charge is -2.29. The molecule has 1 saturated heterocycles. The molecular formula is C16H20N6O2S. The molecule has 132 valence electrons. The van der Waals surface area contributed by atoms with Crippen molar-refractivity contribution < 1.29 is 8.94 Å². The molecule has 0 unspecified atom stereocenters. The normalized spacial score (nSPS) is 16.6. The summed E-state index contributed by atoms with van der Waals surface area (Å²) in [6.07, 6.45) is 3.77. The average molecular weight is 360 g/mol. The fraction of sp³-hybridized carbons (Fsp3) is 0.500. The Morgan fingerprint density at radius 3 is 2.80 bits per heavy atom. The first kappa shape index (κ1) is 16.3. The molecule has 0 bridgehead atoms. The molecule has 0 N–H and O–H groups in total. The molecule has 1 fully saturated rings. The quantitative estimate of drug-likeness (QED) is 0.686. The van der Waals surface area contributed by atoms with Crippen molar-refractivity contribution in [2.75, 3.05) is 13.1 Å². The fourth-order valence-electron chi connectivity index (χ4n) is 3.00. The van der Waals surface area contributed by atoms with E-state index in [1.54, 1.807) is 6.33 Å². The maximum Gasteiger partial charge on any atom is 0.223 e. The van der Waals surface area contributed by atoms with Crippen molar-refractivity contribution in [3.63, 3.8) is 0 Å². The second-order valence-electron chi connectivity index (χ2n) is 6.27. The van der Waals surface area contributed by atoms with E-state index < -0.39 is 0 Å². The molecule has 3 aromatic heterocycles. The zero-order valence-electron chi connectivity index (χ0n) is 14.3. The first-order chi connectivity index (χ1) is 12.2. The Morgan fingerprint density at radius 1 is 1.28 bits per heavy atom. The number of aromatic nitrogens is 5. The summed E-state index contributed by atoms with van der Waals surface area (Å²) in [5.74, 6) is 2.85. The van der Waals surface area contributed by atoms with Crippen molar-refractivity contribution in [1.29, 1.82) is 0 Å². The SMILES string of the molecule is Cc1nc(C2CCN(Cc3ccc(Sc4nncn4C)o3)CC2)no1. The minimum atomic E-state index is 0.396. The molecule has 1 aliphatic rings. The maximum atomic E-state index is 5.93. The van der Waals surface area contributed by atoms with Crippen molar-refractivity contribution in [3.8, 4) is 0 Å². The van der Waals surface area contributed by atoms with Crippen molar-refractivity contribution in [1.82, 2.24) is 29.8 Å². The Morgan fingerprint density at radius 2 is 2.12 bits per heavy atom. The lowest BCUT2D eigenvalue weighted by atomic mass is 9.96. The topological polar surface area (TPSA) is 86.0 Å². The predicted molar refractivity (Wildman–Crippen MR) is 90.1 cm³/mol. The highest BCUT2D eigenvalue weighted by atomic mass is 32.2. The van der Waals surface area contributed by atoms with Crippen LogP contribution < -0.4 is 0 Å². The number of hydrogen-bond acceptors (Lipinski definition) is 8. The van der Waals surface area contributed by atoms with Gasteiger partial charge in [0.25, 0.3) is 0 Å². The van der Waals surface area contributed by atoms with Crippen LogP contribution in [0.5, 0.6) is 0 Å². The van der Waals surface area contributed by atoms with Crippen LogP contribution in [0.4, 0.5) is 0 Å². The zero-order valence-corrected chi connectivity index (χ0v) is 15.1. The summed E-state index contributed by atoms with van der Waals surface area (Å²) in [6, 6.07) is 4.02. The number of likely N-dealkylation sites (tertiary alicyclic amines) is 1. The summed E-state index contributed by atoms with van der Waals surface area (Å²) in [6.45, 7) is 4.66. The van der Waals surface area contributed by atoms with Gasteiger partial charge in [0.2, 0.25) is 5.89 Å². The molecule has 0 radical (unpaired) electrons. The molecule has 0 amide bonds. The monoisotopic (exact) mass is 360 g/mol. The Bertz CT molecular complexity index is 833. The number of furan rings is 1. The molecule has 0 spiro atoms. The summed E-state index contributed by atoms with van der Waals surface area (Å²) >= 11 is 1.48. The Labute approximate surface area is 149 Å². The van der Waals surface area contributed by atoms with Gasteiger partial charge >= 0.3 is 0 Å². The van der Waals surface area contributed by atoms with Crippen LogP contribution in [0.3, 0.4) is 0 Å². The van der Waals surface area contributed by atoms with E-state index in [2.05, 4.69) is 25.2 Å².